The van der Waals surface area contributed by atoms with Gasteiger partial charge in [0.05, 0.1) is 40.6 Å². The van der Waals surface area contributed by atoms with E-state index in [0.29, 0.717) is 28.7 Å². The van der Waals surface area contributed by atoms with Crippen LogP contribution in [0.3, 0.4) is 0 Å². The molecule has 10 nitrogen and oxygen atoms in total. The number of pyridine rings is 1. The number of nitrogens with zero attached hydrogens (tertiary/aromatic N) is 6. The Morgan fingerprint density at radius 3 is 2.34 bits per heavy atom. The summed E-state index contributed by atoms with van der Waals surface area (Å²) in [5, 5.41) is 3.41. The van der Waals surface area contributed by atoms with Crippen molar-refractivity contribution in [2.45, 2.75) is 38.8 Å². The fourth-order valence-corrected chi connectivity index (χ4v) is 6.48. The molecule has 1 aromatic heterocycles. The first-order valence-electron chi connectivity index (χ1n) is 15.6. The third-order valence-electron chi connectivity index (χ3n) is 9.04. The number of piperidine rings is 1. The molecule has 3 aliphatic heterocycles. The molecular formula is C34H43N7O3. The molecule has 2 amide bonds. The van der Waals surface area contributed by atoms with Crippen molar-refractivity contribution in [3.8, 4) is 5.75 Å². The summed E-state index contributed by atoms with van der Waals surface area (Å²) in [5.74, 6) is 1.15. The van der Waals surface area contributed by atoms with E-state index in [1.807, 2.05) is 79.2 Å². The number of amides is 2. The van der Waals surface area contributed by atoms with Crippen molar-refractivity contribution >= 4 is 40.4 Å². The van der Waals surface area contributed by atoms with Crippen LogP contribution in [0, 0.1) is 0 Å². The van der Waals surface area contributed by atoms with Gasteiger partial charge in [0.25, 0.3) is 11.8 Å². The fourth-order valence-electron chi connectivity index (χ4n) is 6.48. The number of hydrogen-bond acceptors (Lipinski definition) is 8. The van der Waals surface area contributed by atoms with Gasteiger partial charge in [-0.15, -0.1) is 0 Å². The first-order chi connectivity index (χ1) is 21.2. The van der Waals surface area contributed by atoms with Crippen molar-refractivity contribution in [2.75, 3.05) is 75.5 Å². The molecule has 0 unspecified atom stereocenters. The predicted molar refractivity (Wildman–Crippen MR) is 175 cm³/mol. The number of aromatic nitrogens is 1. The molecule has 0 radical (unpaired) electrons. The number of likely N-dealkylation sites (tertiary alicyclic amines) is 1. The summed E-state index contributed by atoms with van der Waals surface area (Å²) < 4.78 is 6.20. The molecule has 10 heteroatoms. The van der Waals surface area contributed by atoms with Crippen LogP contribution in [0.2, 0.25) is 0 Å². The van der Waals surface area contributed by atoms with Crippen LogP contribution in [0.25, 0.3) is 0 Å². The molecule has 0 atom stereocenters. The number of carbonyl (C=O) groups excluding carboxylic acids is 2. The topological polar surface area (TPSA) is 84.5 Å². The van der Waals surface area contributed by atoms with Gasteiger partial charge in [0, 0.05) is 57.9 Å². The second kappa shape index (κ2) is 12.5. The van der Waals surface area contributed by atoms with Gasteiger partial charge in [-0.2, -0.15) is 0 Å². The Bertz CT molecular complexity index is 1530. The molecule has 1 N–H and O–H groups in total. The van der Waals surface area contributed by atoms with E-state index in [-0.39, 0.29) is 17.9 Å². The number of benzene rings is 2. The summed E-state index contributed by atoms with van der Waals surface area (Å²) in [6.07, 6.45) is 4.03. The Balaban J connectivity index is 1.20. The SMILES string of the molecule is CC(C)Oc1cc(C(=O)N2CCN(C3CCN(C)CC3)CC2)ccc1Nc1cc2c(cn1)N(C)C(=O)c1ccccc1N2C. The number of fused-ring (bicyclic) bond motifs is 2. The minimum absolute atomic E-state index is 0.0318. The molecule has 3 aliphatic rings. The van der Waals surface area contributed by atoms with Crippen LogP contribution >= 0.6 is 0 Å². The summed E-state index contributed by atoms with van der Waals surface area (Å²) >= 11 is 0. The molecule has 6 rings (SSSR count). The third-order valence-corrected chi connectivity index (χ3v) is 9.04. The highest BCUT2D eigenvalue weighted by Gasteiger charge is 2.30. The Morgan fingerprint density at radius 2 is 1.61 bits per heavy atom. The zero-order valence-corrected chi connectivity index (χ0v) is 26.4. The number of nitrogens with one attached hydrogen (secondary N) is 1. The highest BCUT2D eigenvalue weighted by Crippen LogP contribution is 2.40. The third kappa shape index (κ3) is 5.96. The summed E-state index contributed by atoms with van der Waals surface area (Å²) in [4.78, 5) is 42.0. The average Bonchev–Trinajstić information content (AvgIpc) is 3.11. The molecule has 2 aromatic carbocycles. The zero-order valence-electron chi connectivity index (χ0n) is 26.4. The van der Waals surface area contributed by atoms with E-state index in [4.69, 9.17) is 4.74 Å². The van der Waals surface area contributed by atoms with Gasteiger partial charge in [-0.25, -0.2) is 4.98 Å². The second-order valence-electron chi connectivity index (χ2n) is 12.4. The minimum atomic E-state index is -0.0821. The van der Waals surface area contributed by atoms with Crippen LogP contribution in [0.15, 0.2) is 54.7 Å². The quantitative estimate of drug-likeness (QED) is 0.433. The van der Waals surface area contributed by atoms with E-state index in [1.54, 1.807) is 18.1 Å². The van der Waals surface area contributed by atoms with E-state index >= 15 is 0 Å². The minimum Gasteiger partial charge on any atom is -0.489 e. The van der Waals surface area contributed by atoms with E-state index < -0.39 is 0 Å². The largest absolute Gasteiger partial charge is 0.489 e. The molecule has 4 heterocycles. The Morgan fingerprint density at radius 1 is 0.886 bits per heavy atom. The van der Waals surface area contributed by atoms with Gasteiger partial charge in [-0.05, 0) is 77.2 Å². The number of hydrogen-bond donors (Lipinski definition) is 1. The lowest BCUT2D eigenvalue weighted by molar-refractivity contribution is 0.0474. The number of anilines is 5. The molecule has 2 fully saturated rings. The molecule has 0 spiro atoms. The molecule has 2 saturated heterocycles. The Labute approximate surface area is 260 Å². The van der Waals surface area contributed by atoms with Crippen molar-refractivity contribution in [3.05, 3.63) is 65.9 Å². The zero-order chi connectivity index (χ0) is 31.0. The van der Waals surface area contributed by atoms with E-state index in [2.05, 4.69) is 27.1 Å². The maximum atomic E-state index is 13.6. The lowest BCUT2D eigenvalue weighted by atomic mass is 10.0. The van der Waals surface area contributed by atoms with Crippen molar-refractivity contribution in [1.82, 2.24) is 19.7 Å². The first kappa shape index (κ1) is 29.9. The Kier molecular flexibility index (Phi) is 8.46. The number of ether oxygens (including phenoxy) is 1. The average molecular weight is 598 g/mol. The highest BCUT2D eigenvalue weighted by molar-refractivity contribution is 6.13. The van der Waals surface area contributed by atoms with Gasteiger partial charge >= 0.3 is 0 Å². The summed E-state index contributed by atoms with van der Waals surface area (Å²) in [6, 6.07) is 15.7. The van der Waals surface area contributed by atoms with Crippen molar-refractivity contribution in [1.29, 1.82) is 0 Å². The fraction of sp³-hybridized carbons (Fsp3) is 0.441. The number of para-hydroxylation sites is 1. The van der Waals surface area contributed by atoms with Gasteiger partial charge in [0.2, 0.25) is 0 Å². The maximum absolute atomic E-state index is 13.6. The van der Waals surface area contributed by atoms with Gasteiger partial charge in [0.1, 0.15) is 11.6 Å². The van der Waals surface area contributed by atoms with Crippen LogP contribution in [0.5, 0.6) is 5.75 Å². The van der Waals surface area contributed by atoms with Crippen LogP contribution in [0.4, 0.5) is 28.6 Å². The predicted octanol–water partition coefficient (Wildman–Crippen LogP) is 4.82. The monoisotopic (exact) mass is 597 g/mol. The number of rotatable bonds is 6. The van der Waals surface area contributed by atoms with Gasteiger partial charge < -0.3 is 29.7 Å². The second-order valence-corrected chi connectivity index (χ2v) is 12.4. The van der Waals surface area contributed by atoms with Crippen molar-refractivity contribution < 1.29 is 14.3 Å². The first-order valence-corrected chi connectivity index (χ1v) is 15.6. The molecule has 0 bridgehead atoms. The highest BCUT2D eigenvalue weighted by atomic mass is 16.5. The smallest absolute Gasteiger partial charge is 0.260 e. The van der Waals surface area contributed by atoms with Crippen LogP contribution in [-0.2, 0) is 0 Å². The van der Waals surface area contributed by atoms with Crippen LogP contribution < -0.4 is 19.9 Å². The van der Waals surface area contributed by atoms with Gasteiger partial charge in [-0.1, -0.05) is 12.1 Å². The van der Waals surface area contributed by atoms with Crippen LogP contribution in [0.1, 0.15) is 47.4 Å². The van der Waals surface area contributed by atoms with E-state index in [9.17, 15) is 9.59 Å². The molecule has 0 aliphatic carbocycles. The number of carbonyl (C=O) groups is 2. The van der Waals surface area contributed by atoms with Gasteiger partial charge in [-0.3, -0.25) is 14.5 Å². The molecule has 44 heavy (non-hydrogen) atoms. The maximum Gasteiger partial charge on any atom is 0.260 e. The van der Waals surface area contributed by atoms with Crippen LogP contribution in [-0.4, -0.2) is 104 Å². The van der Waals surface area contributed by atoms with Crippen molar-refractivity contribution in [2.24, 2.45) is 0 Å². The normalized spacial score (nSPS) is 18.2. The molecule has 232 valence electrons. The molecule has 3 aromatic rings. The Hall–Kier alpha value is -4.15. The summed E-state index contributed by atoms with van der Waals surface area (Å²) in [5.41, 5.74) is 4.37. The standard InChI is InChI=1S/C34H43N7O3/c1-23(2)44-31-20-24(33(42)41-18-16-40(17-19-41)25-12-14-37(3)15-13-25)10-11-27(31)36-32-21-29-30(22-35-32)39(5)34(43)26-8-6-7-9-28(26)38(29)4/h6-11,20-23,25H,12-19H2,1-5H3,(H,35,36). The summed E-state index contributed by atoms with van der Waals surface area (Å²) in [7, 11) is 5.91. The van der Waals surface area contributed by atoms with Gasteiger partial charge in [0.15, 0.2) is 0 Å². The lowest BCUT2D eigenvalue weighted by Crippen LogP contribution is -2.54. The van der Waals surface area contributed by atoms with E-state index in [1.165, 1.54) is 12.8 Å². The summed E-state index contributed by atoms with van der Waals surface area (Å²) in [6.45, 7) is 9.53. The van der Waals surface area contributed by atoms with Crippen molar-refractivity contribution in [3.63, 3.8) is 0 Å². The lowest BCUT2D eigenvalue weighted by Gasteiger charge is -2.42. The molecular weight excluding hydrogens is 554 g/mol. The number of piperazine rings is 1. The van der Waals surface area contributed by atoms with E-state index in [0.717, 1.165) is 62.0 Å². The molecule has 0 saturated carbocycles.